The fourth-order valence-corrected chi connectivity index (χ4v) is 2.09. The van der Waals surface area contributed by atoms with Crippen molar-refractivity contribution in [3.63, 3.8) is 0 Å². The minimum atomic E-state index is -0.458. The summed E-state index contributed by atoms with van der Waals surface area (Å²) in [6.07, 6.45) is 0. The fraction of sp³-hybridized carbons (Fsp3) is 0.143. The molecule has 4 nitrogen and oxygen atoms in total. The number of nitrogens with zero attached hydrogens (tertiary/aromatic N) is 1. The van der Waals surface area contributed by atoms with Crippen LogP contribution >= 0.6 is 23.2 Å². The molecule has 0 aliphatic rings. The molecule has 0 spiro atoms. The fourth-order valence-electron chi connectivity index (χ4n) is 1.73. The zero-order chi connectivity index (χ0) is 14.7. The van der Waals surface area contributed by atoms with Crippen molar-refractivity contribution < 1.29 is 9.66 Å². The van der Waals surface area contributed by atoms with Gasteiger partial charge in [0, 0.05) is 16.1 Å². The highest BCUT2D eigenvalue weighted by Gasteiger charge is 2.14. The molecule has 0 aliphatic heterocycles. The first-order valence-electron chi connectivity index (χ1n) is 5.79. The lowest BCUT2D eigenvalue weighted by atomic mass is 10.2. The number of ether oxygens (including phenoxy) is 1. The second-order valence-electron chi connectivity index (χ2n) is 4.23. The van der Waals surface area contributed by atoms with Crippen molar-refractivity contribution in [2.75, 3.05) is 0 Å². The minimum absolute atomic E-state index is 0.0194. The summed E-state index contributed by atoms with van der Waals surface area (Å²) >= 11 is 11.8. The van der Waals surface area contributed by atoms with Gasteiger partial charge < -0.3 is 4.74 Å². The van der Waals surface area contributed by atoms with Crippen molar-refractivity contribution in [2.45, 2.75) is 13.5 Å². The van der Waals surface area contributed by atoms with Gasteiger partial charge in [-0.2, -0.15) is 0 Å². The Balaban J connectivity index is 2.24. The molecule has 0 unspecified atom stereocenters. The van der Waals surface area contributed by atoms with Crippen molar-refractivity contribution in [3.05, 3.63) is 67.7 Å². The maximum absolute atomic E-state index is 11.0. The number of nitro benzene ring substituents is 1. The topological polar surface area (TPSA) is 52.4 Å². The number of rotatable bonds is 4. The third kappa shape index (κ3) is 3.40. The van der Waals surface area contributed by atoms with Crippen molar-refractivity contribution in [1.29, 1.82) is 0 Å². The van der Waals surface area contributed by atoms with E-state index in [4.69, 9.17) is 27.9 Å². The number of hydrogen-bond acceptors (Lipinski definition) is 3. The van der Waals surface area contributed by atoms with Crippen LogP contribution in [0.2, 0.25) is 10.0 Å². The molecular formula is C14H11Cl2NO3. The molecule has 6 heteroatoms. The second kappa shape index (κ2) is 6.11. The molecule has 0 saturated carbocycles. The summed E-state index contributed by atoms with van der Waals surface area (Å²) in [4.78, 5) is 10.5. The van der Waals surface area contributed by atoms with Gasteiger partial charge in [-0.1, -0.05) is 29.3 Å². The molecule has 2 rings (SSSR count). The van der Waals surface area contributed by atoms with Crippen LogP contribution in [-0.4, -0.2) is 4.92 Å². The van der Waals surface area contributed by atoms with Crippen LogP contribution in [0.5, 0.6) is 5.75 Å². The minimum Gasteiger partial charge on any atom is -0.488 e. The molecule has 0 aliphatic carbocycles. The maximum Gasteiger partial charge on any atom is 0.276 e. The zero-order valence-corrected chi connectivity index (χ0v) is 12.1. The van der Waals surface area contributed by atoms with Gasteiger partial charge in [0.15, 0.2) is 0 Å². The van der Waals surface area contributed by atoms with Gasteiger partial charge in [0.25, 0.3) is 5.69 Å². The Morgan fingerprint density at radius 1 is 1.15 bits per heavy atom. The number of benzene rings is 2. The van der Waals surface area contributed by atoms with Crippen LogP contribution in [0.1, 0.15) is 11.1 Å². The number of aryl methyl sites for hydroxylation is 1. The van der Waals surface area contributed by atoms with Gasteiger partial charge in [-0.25, -0.2) is 0 Å². The van der Waals surface area contributed by atoms with E-state index in [0.29, 0.717) is 21.4 Å². The summed E-state index contributed by atoms with van der Waals surface area (Å²) < 4.78 is 5.60. The molecule has 20 heavy (non-hydrogen) atoms. The largest absolute Gasteiger partial charge is 0.488 e. The Bertz CT molecular complexity index is 659. The summed E-state index contributed by atoms with van der Waals surface area (Å²) in [6.45, 7) is 1.93. The van der Waals surface area contributed by atoms with E-state index in [9.17, 15) is 10.1 Å². The van der Waals surface area contributed by atoms with Gasteiger partial charge >= 0.3 is 0 Å². The lowest BCUT2D eigenvalue weighted by molar-refractivity contribution is -0.385. The number of halogens is 2. The Hall–Kier alpha value is -1.78. The lowest BCUT2D eigenvalue weighted by Crippen LogP contribution is -2.01. The Morgan fingerprint density at radius 2 is 1.80 bits per heavy atom. The molecule has 2 aromatic carbocycles. The molecular weight excluding hydrogens is 301 g/mol. The van der Waals surface area contributed by atoms with E-state index in [-0.39, 0.29) is 12.3 Å². The van der Waals surface area contributed by atoms with E-state index < -0.39 is 4.92 Å². The van der Waals surface area contributed by atoms with E-state index in [1.807, 2.05) is 13.0 Å². The molecule has 0 amide bonds. The van der Waals surface area contributed by atoms with Crippen molar-refractivity contribution in [1.82, 2.24) is 0 Å². The molecule has 0 saturated heterocycles. The van der Waals surface area contributed by atoms with Crippen LogP contribution in [0.4, 0.5) is 5.69 Å². The average molecular weight is 312 g/mol. The number of nitro groups is 1. The maximum atomic E-state index is 11.0. The Morgan fingerprint density at radius 3 is 2.50 bits per heavy atom. The summed E-state index contributed by atoms with van der Waals surface area (Å²) in [5, 5.41) is 11.9. The SMILES string of the molecule is Cc1ccc(Cl)cc1OCc1cc(Cl)ccc1[N+](=O)[O-]. The van der Waals surface area contributed by atoms with Gasteiger partial charge in [-0.05, 0) is 36.8 Å². The van der Waals surface area contributed by atoms with Crippen LogP contribution in [0.3, 0.4) is 0 Å². The van der Waals surface area contributed by atoms with Crippen LogP contribution in [-0.2, 0) is 6.61 Å². The highest BCUT2D eigenvalue weighted by Crippen LogP contribution is 2.27. The van der Waals surface area contributed by atoms with Gasteiger partial charge in [-0.15, -0.1) is 0 Å². The van der Waals surface area contributed by atoms with Crippen LogP contribution in [0, 0.1) is 17.0 Å². The normalized spacial score (nSPS) is 10.3. The monoisotopic (exact) mass is 311 g/mol. The van der Waals surface area contributed by atoms with Gasteiger partial charge in [0.1, 0.15) is 12.4 Å². The van der Waals surface area contributed by atoms with Crippen LogP contribution in [0.25, 0.3) is 0 Å². The summed E-state index contributed by atoms with van der Waals surface area (Å²) in [7, 11) is 0. The summed E-state index contributed by atoms with van der Waals surface area (Å²) in [5.41, 5.74) is 1.30. The van der Waals surface area contributed by atoms with E-state index in [1.165, 1.54) is 18.2 Å². The first-order valence-corrected chi connectivity index (χ1v) is 6.55. The van der Waals surface area contributed by atoms with Crippen LogP contribution < -0.4 is 4.74 Å². The molecule has 104 valence electrons. The average Bonchev–Trinajstić information content (AvgIpc) is 2.39. The summed E-state index contributed by atoms with van der Waals surface area (Å²) in [6, 6.07) is 9.63. The van der Waals surface area contributed by atoms with Crippen molar-refractivity contribution in [3.8, 4) is 5.75 Å². The predicted octanol–water partition coefficient (Wildman–Crippen LogP) is 4.79. The zero-order valence-electron chi connectivity index (χ0n) is 10.6. The molecule has 0 aromatic heterocycles. The molecule has 2 aromatic rings. The Labute approximate surface area is 126 Å². The van der Waals surface area contributed by atoms with E-state index in [2.05, 4.69) is 0 Å². The molecule has 0 N–H and O–H groups in total. The quantitative estimate of drug-likeness (QED) is 0.602. The van der Waals surface area contributed by atoms with E-state index >= 15 is 0 Å². The highest BCUT2D eigenvalue weighted by atomic mass is 35.5. The van der Waals surface area contributed by atoms with Crippen LogP contribution in [0.15, 0.2) is 36.4 Å². The van der Waals surface area contributed by atoms with Gasteiger partial charge in [0.05, 0.1) is 10.5 Å². The lowest BCUT2D eigenvalue weighted by Gasteiger charge is -2.10. The first-order chi connectivity index (χ1) is 9.47. The molecule has 0 fully saturated rings. The standard InChI is InChI=1S/C14H11Cl2NO3/c1-9-2-3-12(16)7-14(9)20-8-10-6-11(15)4-5-13(10)17(18)19/h2-7H,8H2,1H3. The molecule has 0 heterocycles. The number of hydrogen-bond donors (Lipinski definition) is 0. The smallest absolute Gasteiger partial charge is 0.276 e. The molecule has 0 radical (unpaired) electrons. The molecule has 0 atom stereocenters. The predicted molar refractivity (Wildman–Crippen MR) is 78.6 cm³/mol. The molecule has 0 bridgehead atoms. The third-order valence-corrected chi connectivity index (χ3v) is 3.24. The van der Waals surface area contributed by atoms with E-state index in [1.54, 1.807) is 12.1 Å². The first kappa shape index (κ1) is 14.6. The van der Waals surface area contributed by atoms with Crippen molar-refractivity contribution >= 4 is 28.9 Å². The third-order valence-electron chi connectivity index (χ3n) is 2.77. The van der Waals surface area contributed by atoms with E-state index in [0.717, 1.165) is 5.56 Å². The van der Waals surface area contributed by atoms with Gasteiger partial charge in [-0.3, -0.25) is 10.1 Å². The highest BCUT2D eigenvalue weighted by molar-refractivity contribution is 6.31. The Kier molecular flexibility index (Phi) is 4.47. The second-order valence-corrected chi connectivity index (χ2v) is 5.10. The summed E-state index contributed by atoms with van der Waals surface area (Å²) in [5.74, 6) is 0.590. The van der Waals surface area contributed by atoms with Crippen molar-refractivity contribution in [2.24, 2.45) is 0 Å². The van der Waals surface area contributed by atoms with Gasteiger partial charge in [0.2, 0.25) is 0 Å².